The summed E-state index contributed by atoms with van der Waals surface area (Å²) in [6.07, 6.45) is 0. The van der Waals surface area contributed by atoms with Gasteiger partial charge in [0.1, 0.15) is 11.6 Å². The molecule has 5 heteroatoms. The minimum absolute atomic E-state index is 0.240. The third-order valence-electron chi connectivity index (χ3n) is 2.95. The van der Waals surface area contributed by atoms with Crippen LogP contribution in [0.25, 0.3) is 0 Å². The second kappa shape index (κ2) is 6.22. The lowest BCUT2D eigenvalue weighted by molar-refractivity contribution is 0.580. The molecule has 2 rings (SSSR count). The molecule has 20 heavy (non-hydrogen) atoms. The molecular weight excluding hydrogens is 326 g/mol. The van der Waals surface area contributed by atoms with Crippen molar-refractivity contribution in [3.63, 3.8) is 0 Å². The van der Waals surface area contributed by atoms with Crippen molar-refractivity contribution in [2.75, 3.05) is 24.3 Å². The second-order valence-electron chi connectivity index (χ2n) is 4.66. The first-order valence-electron chi connectivity index (χ1n) is 6.12. The number of rotatable bonds is 4. The van der Waals surface area contributed by atoms with Gasteiger partial charge in [0.2, 0.25) is 0 Å². The van der Waals surface area contributed by atoms with Crippen molar-refractivity contribution >= 4 is 27.3 Å². The zero-order valence-electron chi connectivity index (χ0n) is 11.3. The average molecular weight is 341 g/mol. The number of hydrogen-bond acceptors (Lipinski definition) is 2. The predicted octanol–water partition coefficient (Wildman–Crippen LogP) is 4.41. The Balaban J connectivity index is 2.07. The van der Waals surface area contributed by atoms with Gasteiger partial charge in [0, 0.05) is 32.4 Å². The first-order chi connectivity index (χ1) is 9.47. The van der Waals surface area contributed by atoms with E-state index in [2.05, 4.69) is 21.2 Å². The molecule has 0 amide bonds. The molecule has 0 aliphatic rings. The van der Waals surface area contributed by atoms with Crippen molar-refractivity contribution in [1.82, 2.24) is 0 Å². The van der Waals surface area contributed by atoms with Crippen molar-refractivity contribution in [1.29, 1.82) is 0 Å². The molecule has 0 unspecified atom stereocenters. The van der Waals surface area contributed by atoms with Crippen LogP contribution in [-0.2, 0) is 6.54 Å². The second-order valence-corrected chi connectivity index (χ2v) is 5.51. The maximum absolute atomic E-state index is 13.6. The van der Waals surface area contributed by atoms with Gasteiger partial charge in [-0.2, -0.15) is 0 Å². The quantitative estimate of drug-likeness (QED) is 0.829. The lowest BCUT2D eigenvalue weighted by Crippen LogP contribution is -2.08. The van der Waals surface area contributed by atoms with Crippen LogP contribution in [0.2, 0.25) is 0 Å². The largest absolute Gasteiger partial charge is 0.379 e. The van der Waals surface area contributed by atoms with E-state index in [0.29, 0.717) is 6.54 Å². The Kier molecular flexibility index (Phi) is 4.60. The van der Waals surface area contributed by atoms with Crippen LogP contribution in [0.15, 0.2) is 40.9 Å². The van der Waals surface area contributed by atoms with Crippen LogP contribution in [0.5, 0.6) is 0 Å². The van der Waals surface area contributed by atoms with Gasteiger partial charge < -0.3 is 10.2 Å². The van der Waals surface area contributed by atoms with Crippen molar-refractivity contribution in [2.45, 2.75) is 6.54 Å². The number of benzene rings is 2. The first kappa shape index (κ1) is 14.8. The molecule has 1 N–H and O–H groups in total. The molecule has 0 saturated carbocycles. The molecule has 0 aliphatic carbocycles. The summed E-state index contributed by atoms with van der Waals surface area (Å²) in [7, 11) is 3.94. The zero-order chi connectivity index (χ0) is 14.7. The number of nitrogens with zero attached hydrogens (tertiary/aromatic N) is 1. The average Bonchev–Trinajstić information content (AvgIpc) is 2.42. The van der Waals surface area contributed by atoms with Gasteiger partial charge in [-0.15, -0.1) is 0 Å². The summed E-state index contributed by atoms with van der Waals surface area (Å²) in [6, 6.07) is 10.2. The summed E-state index contributed by atoms with van der Waals surface area (Å²) in [5.74, 6) is -1.21. The molecule has 2 aromatic carbocycles. The van der Waals surface area contributed by atoms with E-state index < -0.39 is 11.6 Å². The third-order valence-corrected chi connectivity index (χ3v) is 3.55. The summed E-state index contributed by atoms with van der Waals surface area (Å²) in [5, 5.41) is 2.96. The van der Waals surface area contributed by atoms with Crippen LogP contribution in [0.3, 0.4) is 0 Å². The molecule has 0 aliphatic heterocycles. The molecule has 2 nitrogen and oxygen atoms in total. The van der Waals surface area contributed by atoms with E-state index in [-0.39, 0.29) is 10.2 Å². The SMILES string of the molecule is CN(C)c1ccc(CNc2cc(Br)c(F)cc2F)cc1. The van der Waals surface area contributed by atoms with Gasteiger partial charge in [-0.05, 0) is 39.7 Å². The van der Waals surface area contributed by atoms with Gasteiger partial charge in [0.05, 0.1) is 10.2 Å². The Morgan fingerprint density at radius 3 is 2.30 bits per heavy atom. The minimum atomic E-state index is -0.608. The maximum Gasteiger partial charge on any atom is 0.149 e. The third kappa shape index (κ3) is 3.48. The molecule has 2 aromatic rings. The van der Waals surface area contributed by atoms with E-state index in [1.165, 1.54) is 6.07 Å². The fourth-order valence-corrected chi connectivity index (χ4v) is 2.11. The molecular formula is C15H15BrF2N2. The van der Waals surface area contributed by atoms with Crippen molar-refractivity contribution in [2.24, 2.45) is 0 Å². The van der Waals surface area contributed by atoms with Crippen LogP contribution in [0, 0.1) is 11.6 Å². The molecule has 0 radical (unpaired) electrons. The van der Waals surface area contributed by atoms with Gasteiger partial charge in [-0.1, -0.05) is 12.1 Å². The maximum atomic E-state index is 13.6. The summed E-state index contributed by atoms with van der Waals surface area (Å²) < 4.78 is 26.9. The molecule has 0 aromatic heterocycles. The highest BCUT2D eigenvalue weighted by molar-refractivity contribution is 9.10. The normalized spacial score (nSPS) is 10.4. The summed E-state index contributed by atoms with van der Waals surface area (Å²) in [6.45, 7) is 0.475. The van der Waals surface area contributed by atoms with Gasteiger partial charge in [0.25, 0.3) is 0 Å². The number of halogens is 3. The highest BCUT2D eigenvalue weighted by atomic mass is 79.9. The van der Waals surface area contributed by atoms with Crippen molar-refractivity contribution < 1.29 is 8.78 Å². The Bertz CT molecular complexity index is 598. The predicted molar refractivity (Wildman–Crippen MR) is 82.2 cm³/mol. The number of hydrogen-bond donors (Lipinski definition) is 1. The van der Waals surface area contributed by atoms with Gasteiger partial charge >= 0.3 is 0 Å². The monoisotopic (exact) mass is 340 g/mol. The van der Waals surface area contributed by atoms with E-state index in [1.54, 1.807) is 0 Å². The van der Waals surface area contributed by atoms with Crippen LogP contribution in [0.1, 0.15) is 5.56 Å². The van der Waals surface area contributed by atoms with Crippen molar-refractivity contribution in [3.05, 3.63) is 58.1 Å². The van der Waals surface area contributed by atoms with Crippen molar-refractivity contribution in [3.8, 4) is 0 Å². The van der Waals surface area contributed by atoms with Crippen LogP contribution >= 0.6 is 15.9 Å². The van der Waals surface area contributed by atoms with Crippen LogP contribution < -0.4 is 10.2 Å². The molecule has 106 valence electrons. The smallest absolute Gasteiger partial charge is 0.149 e. The fraction of sp³-hybridized carbons (Fsp3) is 0.200. The lowest BCUT2D eigenvalue weighted by Gasteiger charge is -2.13. The Labute approximate surface area is 125 Å². The summed E-state index contributed by atoms with van der Waals surface area (Å²) in [4.78, 5) is 2.01. The first-order valence-corrected chi connectivity index (χ1v) is 6.91. The van der Waals surface area contributed by atoms with E-state index >= 15 is 0 Å². The Morgan fingerprint density at radius 1 is 1.05 bits per heavy atom. The summed E-state index contributed by atoms with van der Waals surface area (Å²) in [5.41, 5.74) is 2.40. The Morgan fingerprint density at radius 2 is 1.70 bits per heavy atom. The molecule has 0 spiro atoms. The van der Waals surface area contributed by atoms with Gasteiger partial charge in [-0.3, -0.25) is 0 Å². The lowest BCUT2D eigenvalue weighted by atomic mass is 10.2. The molecule has 0 heterocycles. The highest BCUT2D eigenvalue weighted by Gasteiger charge is 2.07. The molecule has 0 atom stereocenters. The Hall–Kier alpha value is -1.62. The molecule has 0 fully saturated rings. The topological polar surface area (TPSA) is 15.3 Å². The highest BCUT2D eigenvalue weighted by Crippen LogP contribution is 2.24. The van der Waals surface area contributed by atoms with E-state index in [1.807, 2.05) is 43.3 Å². The van der Waals surface area contributed by atoms with Gasteiger partial charge in [0.15, 0.2) is 0 Å². The molecule has 0 bridgehead atoms. The van der Waals surface area contributed by atoms with Crippen LogP contribution in [-0.4, -0.2) is 14.1 Å². The standard InChI is InChI=1S/C15H15BrF2N2/c1-20(2)11-5-3-10(4-6-11)9-19-15-7-12(16)13(17)8-14(15)18/h3-8,19H,9H2,1-2H3. The minimum Gasteiger partial charge on any atom is -0.379 e. The zero-order valence-corrected chi connectivity index (χ0v) is 12.8. The van der Waals surface area contributed by atoms with E-state index in [0.717, 1.165) is 17.3 Å². The number of nitrogens with one attached hydrogen (secondary N) is 1. The summed E-state index contributed by atoms with van der Waals surface area (Å²) >= 11 is 3.04. The fourth-order valence-electron chi connectivity index (χ4n) is 1.77. The number of anilines is 2. The molecule has 0 saturated heterocycles. The van der Waals surface area contributed by atoms with Gasteiger partial charge in [-0.25, -0.2) is 8.78 Å². The van der Waals surface area contributed by atoms with E-state index in [9.17, 15) is 8.78 Å². The van der Waals surface area contributed by atoms with E-state index in [4.69, 9.17) is 0 Å². The van der Waals surface area contributed by atoms with Crippen LogP contribution in [0.4, 0.5) is 20.2 Å².